The van der Waals surface area contributed by atoms with Gasteiger partial charge in [0.05, 0.1) is 11.6 Å². The molecule has 0 fully saturated rings. The maximum Gasteiger partial charge on any atom is 0.125 e. The Balaban J connectivity index is 2.41. The maximum absolute atomic E-state index is 10.4. The number of aromatic hydroxyl groups is 1. The van der Waals surface area contributed by atoms with Crippen molar-refractivity contribution >= 4 is 28.1 Å². The summed E-state index contributed by atoms with van der Waals surface area (Å²) in [4.78, 5) is 2.27. The molecule has 4 heteroatoms. The van der Waals surface area contributed by atoms with E-state index in [0.717, 1.165) is 28.6 Å². The molecule has 22 heavy (non-hydrogen) atoms. The first-order chi connectivity index (χ1) is 10.4. The number of hydrogen-bond acceptors (Lipinski definition) is 3. The third-order valence-electron chi connectivity index (χ3n) is 4.38. The van der Waals surface area contributed by atoms with Crippen LogP contribution in [0, 0.1) is 11.3 Å². The minimum absolute atomic E-state index is 0.0722. The van der Waals surface area contributed by atoms with Crippen molar-refractivity contribution < 1.29 is 5.11 Å². The van der Waals surface area contributed by atoms with Gasteiger partial charge in [0, 0.05) is 46.4 Å². The molecular weight excluding hydrogens is 296 g/mol. The van der Waals surface area contributed by atoms with Crippen LogP contribution in [0.3, 0.4) is 0 Å². The number of benzene rings is 2. The van der Waals surface area contributed by atoms with Crippen LogP contribution >= 0.6 is 11.6 Å². The summed E-state index contributed by atoms with van der Waals surface area (Å²) in [6.45, 7) is 7.24. The predicted octanol–water partition coefficient (Wildman–Crippen LogP) is 4.36. The first kappa shape index (κ1) is 15.0. The standard InChI is InChI=1S/C18H19ClN2O/c1-18(2,3)21-10-12(8-19)17-14(21)7-15(22)13-6-4-5-11(9-20)16(13)17/h4-7,12,22H,8,10H2,1-3H3/t12-/m1/s1. The van der Waals surface area contributed by atoms with E-state index in [0.29, 0.717) is 11.4 Å². The van der Waals surface area contributed by atoms with Crippen LogP contribution in [0.4, 0.5) is 5.69 Å². The molecule has 1 N–H and O–H groups in total. The average Bonchev–Trinajstić information content (AvgIpc) is 2.85. The molecule has 1 atom stereocenters. The lowest BCUT2D eigenvalue weighted by Gasteiger charge is -2.35. The van der Waals surface area contributed by atoms with E-state index in [-0.39, 0.29) is 17.2 Å². The van der Waals surface area contributed by atoms with Crippen LogP contribution in [-0.2, 0) is 0 Å². The number of alkyl halides is 1. The molecule has 0 aliphatic carbocycles. The van der Waals surface area contributed by atoms with E-state index in [1.54, 1.807) is 12.1 Å². The molecule has 0 spiro atoms. The molecule has 0 unspecified atom stereocenters. The van der Waals surface area contributed by atoms with Crippen molar-refractivity contribution in [1.29, 1.82) is 5.26 Å². The Labute approximate surface area is 135 Å². The van der Waals surface area contributed by atoms with Gasteiger partial charge < -0.3 is 10.0 Å². The number of hydrogen-bond donors (Lipinski definition) is 1. The lowest BCUT2D eigenvalue weighted by molar-refractivity contribution is 0.479. The van der Waals surface area contributed by atoms with E-state index >= 15 is 0 Å². The number of halogens is 1. The number of nitrogens with zero attached hydrogens (tertiary/aromatic N) is 2. The minimum Gasteiger partial charge on any atom is -0.507 e. The van der Waals surface area contributed by atoms with Crippen LogP contribution in [0.5, 0.6) is 5.75 Å². The van der Waals surface area contributed by atoms with Crippen molar-refractivity contribution in [3.63, 3.8) is 0 Å². The molecule has 0 amide bonds. The summed E-state index contributed by atoms with van der Waals surface area (Å²) in [6.07, 6.45) is 0. The summed E-state index contributed by atoms with van der Waals surface area (Å²) in [5.41, 5.74) is 2.60. The van der Waals surface area contributed by atoms with Gasteiger partial charge in [-0.3, -0.25) is 0 Å². The van der Waals surface area contributed by atoms with Gasteiger partial charge in [-0.15, -0.1) is 11.6 Å². The highest BCUT2D eigenvalue weighted by molar-refractivity contribution is 6.19. The van der Waals surface area contributed by atoms with E-state index in [9.17, 15) is 10.4 Å². The fourth-order valence-corrected chi connectivity index (χ4v) is 3.62. The first-order valence-electron chi connectivity index (χ1n) is 7.40. The van der Waals surface area contributed by atoms with Gasteiger partial charge in [0.1, 0.15) is 5.75 Å². The summed E-state index contributed by atoms with van der Waals surface area (Å²) < 4.78 is 0. The van der Waals surface area contributed by atoms with E-state index in [1.807, 2.05) is 12.1 Å². The lowest BCUT2D eigenvalue weighted by Crippen LogP contribution is -2.40. The van der Waals surface area contributed by atoms with Gasteiger partial charge in [0.2, 0.25) is 0 Å². The zero-order chi connectivity index (χ0) is 16.1. The average molecular weight is 315 g/mol. The van der Waals surface area contributed by atoms with Crippen LogP contribution in [0.25, 0.3) is 10.8 Å². The predicted molar refractivity (Wildman–Crippen MR) is 90.9 cm³/mol. The maximum atomic E-state index is 10.4. The van der Waals surface area contributed by atoms with Gasteiger partial charge in [-0.25, -0.2) is 0 Å². The van der Waals surface area contributed by atoms with Crippen molar-refractivity contribution in [1.82, 2.24) is 0 Å². The Bertz CT molecular complexity index is 786. The first-order valence-corrected chi connectivity index (χ1v) is 7.94. The Hall–Kier alpha value is -1.92. The van der Waals surface area contributed by atoms with Gasteiger partial charge in [0.25, 0.3) is 0 Å². The summed E-state index contributed by atoms with van der Waals surface area (Å²) in [5, 5.41) is 21.5. The van der Waals surface area contributed by atoms with E-state index < -0.39 is 0 Å². The highest BCUT2D eigenvalue weighted by Crippen LogP contribution is 2.48. The number of rotatable bonds is 1. The molecule has 3 rings (SSSR count). The molecule has 0 saturated carbocycles. The number of phenolic OH excluding ortho intramolecular Hbond substituents is 1. The van der Waals surface area contributed by atoms with Crippen LogP contribution < -0.4 is 4.90 Å². The second kappa shape index (κ2) is 5.07. The van der Waals surface area contributed by atoms with Crippen LogP contribution in [0.2, 0.25) is 0 Å². The van der Waals surface area contributed by atoms with E-state index in [1.165, 1.54) is 0 Å². The van der Waals surface area contributed by atoms with Gasteiger partial charge in [0.15, 0.2) is 0 Å². The largest absolute Gasteiger partial charge is 0.507 e. The molecule has 2 aromatic carbocycles. The van der Waals surface area contributed by atoms with E-state index in [2.05, 4.69) is 31.7 Å². The number of nitriles is 1. The van der Waals surface area contributed by atoms with Crippen LogP contribution in [0.1, 0.15) is 37.8 Å². The molecule has 0 bridgehead atoms. The van der Waals surface area contributed by atoms with Crippen LogP contribution in [0.15, 0.2) is 24.3 Å². The third kappa shape index (κ3) is 2.10. The zero-order valence-corrected chi connectivity index (χ0v) is 13.8. The molecular formula is C18H19ClN2O. The van der Waals surface area contributed by atoms with Gasteiger partial charge in [-0.1, -0.05) is 12.1 Å². The molecule has 0 aromatic heterocycles. The molecule has 2 aromatic rings. The molecule has 1 aliphatic rings. The highest BCUT2D eigenvalue weighted by atomic mass is 35.5. The van der Waals surface area contributed by atoms with Crippen molar-refractivity contribution in [2.24, 2.45) is 0 Å². The second-order valence-corrected chi connectivity index (χ2v) is 7.11. The summed E-state index contributed by atoms with van der Waals surface area (Å²) in [5.74, 6) is 0.878. The van der Waals surface area contributed by atoms with Gasteiger partial charge >= 0.3 is 0 Å². The SMILES string of the molecule is CC(C)(C)N1C[C@@H](CCl)c2c1cc(O)c1cccc(C#N)c21. The Morgan fingerprint density at radius 3 is 2.73 bits per heavy atom. The fraction of sp³-hybridized carbons (Fsp3) is 0.389. The molecule has 0 saturated heterocycles. The summed E-state index contributed by atoms with van der Waals surface area (Å²) >= 11 is 6.21. The Morgan fingerprint density at radius 2 is 2.14 bits per heavy atom. The summed E-state index contributed by atoms with van der Waals surface area (Å²) in [6, 6.07) is 9.53. The Kier molecular flexibility index (Phi) is 3.45. The zero-order valence-electron chi connectivity index (χ0n) is 13.0. The van der Waals surface area contributed by atoms with Gasteiger partial charge in [-0.05, 0) is 32.4 Å². The Morgan fingerprint density at radius 1 is 1.41 bits per heavy atom. The van der Waals surface area contributed by atoms with Crippen molar-refractivity contribution in [3.05, 3.63) is 35.4 Å². The minimum atomic E-state index is -0.0722. The lowest BCUT2D eigenvalue weighted by atomic mass is 9.92. The molecule has 1 aliphatic heterocycles. The number of fused-ring (bicyclic) bond motifs is 3. The molecule has 3 nitrogen and oxygen atoms in total. The number of phenols is 1. The molecule has 1 heterocycles. The topological polar surface area (TPSA) is 47.3 Å². The fourth-order valence-electron chi connectivity index (χ4n) is 3.37. The summed E-state index contributed by atoms with van der Waals surface area (Å²) in [7, 11) is 0. The smallest absolute Gasteiger partial charge is 0.125 e. The second-order valence-electron chi connectivity index (χ2n) is 6.80. The highest BCUT2D eigenvalue weighted by Gasteiger charge is 2.36. The van der Waals surface area contributed by atoms with Crippen LogP contribution in [-0.4, -0.2) is 23.1 Å². The number of anilines is 1. The van der Waals surface area contributed by atoms with Crippen molar-refractivity contribution in [2.75, 3.05) is 17.3 Å². The normalized spacial score (nSPS) is 17.6. The quantitative estimate of drug-likeness (QED) is 0.796. The monoisotopic (exact) mass is 314 g/mol. The third-order valence-corrected chi connectivity index (χ3v) is 4.75. The van der Waals surface area contributed by atoms with E-state index in [4.69, 9.17) is 11.6 Å². The molecule has 114 valence electrons. The molecule has 0 radical (unpaired) electrons. The van der Waals surface area contributed by atoms with Crippen molar-refractivity contribution in [2.45, 2.75) is 32.2 Å². The van der Waals surface area contributed by atoms with Crippen molar-refractivity contribution in [3.8, 4) is 11.8 Å². The van der Waals surface area contributed by atoms with Gasteiger partial charge in [-0.2, -0.15) is 5.26 Å².